The van der Waals surface area contributed by atoms with Gasteiger partial charge in [-0.25, -0.2) is 0 Å². The maximum absolute atomic E-state index is 12.8. The number of aromatic nitrogens is 1. The minimum absolute atomic E-state index is 0.215. The fourth-order valence-electron chi connectivity index (χ4n) is 4.76. The molecular formula is C25H29N3O4. The number of nitrogens with one attached hydrogen (secondary N) is 1. The lowest BCUT2D eigenvalue weighted by atomic mass is 10.0. The van der Waals surface area contributed by atoms with Gasteiger partial charge in [0.05, 0.1) is 23.9 Å². The molecule has 1 aliphatic carbocycles. The number of hydrogen-bond acceptors (Lipinski definition) is 6. The molecule has 0 radical (unpaired) electrons. The van der Waals surface area contributed by atoms with Crippen LogP contribution >= 0.6 is 0 Å². The summed E-state index contributed by atoms with van der Waals surface area (Å²) in [5.41, 5.74) is 2.98. The summed E-state index contributed by atoms with van der Waals surface area (Å²) in [7, 11) is 0. The standard InChI is InChI=1S/C25H29N3O4/c1-17-9-10-22-20(14-17)24-21(16-31-22)23(27-32-24)25(29)26-11-5-12-28(18-6-2-3-7-18)15-19-8-4-13-30-19/h4,8-10,13-14,18H,2-3,5-7,11-12,15-16H2,1H3,(H,26,29). The average molecular weight is 436 g/mol. The lowest BCUT2D eigenvalue weighted by Crippen LogP contribution is -2.35. The monoisotopic (exact) mass is 435 g/mol. The topological polar surface area (TPSA) is 80.7 Å². The Morgan fingerprint density at radius 3 is 2.94 bits per heavy atom. The summed E-state index contributed by atoms with van der Waals surface area (Å²) in [5.74, 6) is 2.17. The molecule has 1 saturated carbocycles. The SMILES string of the molecule is Cc1ccc2c(c1)-c1onc(C(=O)NCCCN(Cc3ccco3)C3CCCC3)c1CO2. The molecular weight excluding hydrogens is 406 g/mol. The van der Waals surface area contributed by atoms with Gasteiger partial charge >= 0.3 is 0 Å². The number of nitrogens with zero attached hydrogens (tertiary/aromatic N) is 2. The summed E-state index contributed by atoms with van der Waals surface area (Å²) in [6.45, 7) is 4.62. The number of rotatable bonds is 8. The van der Waals surface area contributed by atoms with E-state index in [-0.39, 0.29) is 12.5 Å². The third-order valence-electron chi connectivity index (χ3n) is 6.44. The molecule has 0 atom stereocenters. The molecule has 0 unspecified atom stereocenters. The number of fused-ring (bicyclic) bond motifs is 3. The van der Waals surface area contributed by atoms with Gasteiger partial charge in [-0.2, -0.15) is 0 Å². The van der Waals surface area contributed by atoms with Crippen LogP contribution in [0.1, 0.15) is 59.5 Å². The van der Waals surface area contributed by atoms with Crippen LogP contribution in [0.15, 0.2) is 45.5 Å². The minimum atomic E-state index is -0.215. The summed E-state index contributed by atoms with van der Waals surface area (Å²) in [4.78, 5) is 15.3. The first-order chi connectivity index (χ1) is 15.7. The molecule has 1 aliphatic heterocycles. The highest BCUT2D eigenvalue weighted by Crippen LogP contribution is 2.39. The molecule has 1 fully saturated rings. The first-order valence-electron chi connectivity index (χ1n) is 11.5. The van der Waals surface area contributed by atoms with Gasteiger partial charge in [0.25, 0.3) is 5.91 Å². The Morgan fingerprint density at radius 2 is 2.12 bits per heavy atom. The lowest BCUT2D eigenvalue weighted by Gasteiger charge is -2.28. The number of benzene rings is 1. The van der Waals surface area contributed by atoms with Gasteiger partial charge in [0, 0.05) is 19.1 Å². The predicted octanol–water partition coefficient (Wildman–Crippen LogP) is 4.70. The van der Waals surface area contributed by atoms with Crippen molar-refractivity contribution in [2.24, 2.45) is 0 Å². The average Bonchev–Trinajstić information content (AvgIpc) is 3.57. The predicted molar refractivity (Wildman–Crippen MR) is 119 cm³/mol. The summed E-state index contributed by atoms with van der Waals surface area (Å²) in [5, 5.41) is 7.07. The van der Waals surface area contributed by atoms with Crippen LogP contribution in [0.25, 0.3) is 11.3 Å². The van der Waals surface area contributed by atoms with Crippen molar-refractivity contribution in [3.63, 3.8) is 0 Å². The molecule has 7 nitrogen and oxygen atoms in total. The minimum Gasteiger partial charge on any atom is -0.488 e. The number of hydrogen-bond donors (Lipinski definition) is 1. The fraction of sp³-hybridized carbons (Fsp3) is 0.440. The molecule has 3 aromatic rings. The van der Waals surface area contributed by atoms with Crippen molar-refractivity contribution >= 4 is 5.91 Å². The van der Waals surface area contributed by atoms with Gasteiger partial charge in [0.1, 0.15) is 18.1 Å². The van der Waals surface area contributed by atoms with Crippen LogP contribution in [0.3, 0.4) is 0 Å². The van der Waals surface area contributed by atoms with Gasteiger partial charge < -0.3 is 19.0 Å². The largest absolute Gasteiger partial charge is 0.488 e. The second-order valence-electron chi connectivity index (χ2n) is 8.72. The Morgan fingerprint density at radius 1 is 1.25 bits per heavy atom. The van der Waals surface area contributed by atoms with E-state index in [2.05, 4.69) is 15.4 Å². The second kappa shape index (κ2) is 9.20. The van der Waals surface area contributed by atoms with Crippen LogP contribution in [-0.4, -0.2) is 35.1 Å². The van der Waals surface area contributed by atoms with Gasteiger partial charge in [-0.1, -0.05) is 29.6 Å². The maximum atomic E-state index is 12.8. The zero-order valence-electron chi connectivity index (χ0n) is 18.4. The van der Waals surface area contributed by atoms with Crippen LogP contribution in [0, 0.1) is 6.92 Å². The van der Waals surface area contributed by atoms with Crippen LogP contribution < -0.4 is 10.1 Å². The fourth-order valence-corrected chi connectivity index (χ4v) is 4.76. The molecule has 32 heavy (non-hydrogen) atoms. The number of furan rings is 1. The Bertz CT molecular complexity index is 1070. The van der Waals surface area contributed by atoms with Gasteiger partial charge in [-0.3, -0.25) is 9.69 Å². The highest BCUT2D eigenvalue weighted by Gasteiger charge is 2.29. The molecule has 7 heteroatoms. The Kier molecular flexibility index (Phi) is 5.99. The molecule has 1 aromatic carbocycles. The molecule has 0 saturated heterocycles. The van der Waals surface area contributed by atoms with E-state index in [1.807, 2.05) is 37.3 Å². The van der Waals surface area contributed by atoms with Crippen molar-refractivity contribution in [2.75, 3.05) is 13.1 Å². The maximum Gasteiger partial charge on any atom is 0.273 e. The third-order valence-corrected chi connectivity index (χ3v) is 6.44. The molecule has 0 spiro atoms. The van der Waals surface area contributed by atoms with Crippen molar-refractivity contribution in [2.45, 2.75) is 58.2 Å². The normalized spacial score (nSPS) is 15.4. The zero-order chi connectivity index (χ0) is 21.9. The van der Waals surface area contributed by atoms with E-state index in [1.54, 1.807) is 6.26 Å². The number of carbonyl (C=O) groups is 1. The summed E-state index contributed by atoms with van der Waals surface area (Å²) >= 11 is 0. The van der Waals surface area contributed by atoms with Gasteiger partial charge in [0.2, 0.25) is 0 Å². The highest BCUT2D eigenvalue weighted by atomic mass is 16.5. The number of amides is 1. The van der Waals surface area contributed by atoms with E-state index in [4.69, 9.17) is 13.7 Å². The van der Waals surface area contributed by atoms with Crippen LogP contribution in [0.5, 0.6) is 5.75 Å². The summed E-state index contributed by atoms with van der Waals surface area (Å²) in [6, 6.07) is 10.5. The van der Waals surface area contributed by atoms with E-state index in [9.17, 15) is 4.79 Å². The van der Waals surface area contributed by atoms with Gasteiger partial charge in [-0.15, -0.1) is 0 Å². The number of aryl methyl sites for hydroxylation is 1. The molecule has 3 heterocycles. The summed E-state index contributed by atoms with van der Waals surface area (Å²) < 4.78 is 16.9. The highest BCUT2D eigenvalue weighted by molar-refractivity contribution is 5.95. The van der Waals surface area contributed by atoms with Gasteiger partial charge in [-0.05, 0) is 50.5 Å². The van der Waals surface area contributed by atoms with Crippen molar-refractivity contribution in [3.8, 4) is 17.1 Å². The molecule has 2 aromatic heterocycles. The van der Waals surface area contributed by atoms with Crippen molar-refractivity contribution in [1.29, 1.82) is 0 Å². The van der Waals surface area contributed by atoms with E-state index in [1.165, 1.54) is 25.7 Å². The molecule has 1 N–H and O–H groups in total. The first-order valence-corrected chi connectivity index (χ1v) is 11.5. The zero-order valence-corrected chi connectivity index (χ0v) is 18.4. The summed E-state index contributed by atoms with van der Waals surface area (Å²) in [6.07, 6.45) is 7.64. The van der Waals surface area contributed by atoms with E-state index in [0.29, 0.717) is 29.6 Å². The lowest BCUT2D eigenvalue weighted by molar-refractivity contribution is 0.0938. The van der Waals surface area contributed by atoms with Crippen LogP contribution in [0.4, 0.5) is 0 Å². The molecule has 2 aliphatic rings. The molecule has 1 amide bonds. The van der Waals surface area contributed by atoms with E-state index < -0.39 is 0 Å². The Hall–Kier alpha value is -3.06. The third kappa shape index (κ3) is 4.30. The van der Waals surface area contributed by atoms with Crippen LogP contribution in [-0.2, 0) is 13.2 Å². The van der Waals surface area contributed by atoms with Crippen molar-refractivity contribution in [1.82, 2.24) is 15.4 Å². The second-order valence-corrected chi connectivity index (χ2v) is 8.72. The first kappa shape index (κ1) is 20.8. The smallest absolute Gasteiger partial charge is 0.273 e. The number of carbonyl (C=O) groups excluding carboxylic acids is 1. The quantitative estimate of drug-likeness (QED) is 0.517. The van der Waals surface area contributed by atoms with E-state index in [0.717, 1.165) is 42.1 Å². The van der Waals surface area contributed by atoms with Crippen LogP contribution in [0.2, 0.25) is 0 Å². The van der Waals surface area contributed by atoms with Gasteiger partial charge in [0.15, 0.2) is 11.5 Å². The molecule has 168 valence electrons. The Labute approximate surface area is 187 Å². The number of ether oxygens (including phenoxy) is 1. The molecule has 0 bridgehead atoms. The van der Waals surface area contributed by atoms with E-state index >= 15 is 0 Å². The molecule has 5 rings (SSSR count). The Balaban J connectivity index is 1.18. The van der Waals surface area contributed by atoms with Crippen molar-refractivity contribution in [3.05, 3.63) is 59.2 Å². The van der Waals surface area contributed by atoms with Crippen molar-refractivity contribution < 1.29 is 18.5 Å².